The zero-order valence-corrected chi connectivity index (χ0v) is 16.5. The van der Waals surface area contributed by atoms with Crippen LogP contribution in [0.25, 0.3) is 0 Å². The number of hydrogen-bond donors (Lipinski definition) is 2. The minimum atomic E-state index is -1.15. The molecule has 0 bridgehead atoms. The van der Waals surface area contributed by atoms with Crippen molar-refractivity contribution in [1.82, 2.24) is 10.4 Å². The van der Waals surface area contributed by atoms with Gasteiger partial charge in [0.1, 0.15) is 6.10 Å². The van der Waals surface area contributed by atoms with E-state index >= 15 is 0 Å². The number of carbonyl (C=O) groups excluding carboxylic acids is 5. The summed E-state index contributed by atoms with van der Waals surface area (Å²) < 4.78 is 5.07. The minimum absolute atomic E-state index is 0.00636. The maximum absolute atomic E-state index is 11.7. The summed E-state index contributed by atoms with van der Waals surface area (Å²) in [5, 5.41) is 11.8. The zero-order valence-electron chi connectivity index (χ0n) is 16.5. The predicted molar refractivity (Wildman–Crippen MR) is 98.2 cm³/mol. The van der Waals surface area contributed by atoms with Gasteiger partial charge in [0.05, 0.1) is 5.41 Å². The fourth-order valence-electron chi connectivity index (χ4n) is 3.03. The second-order valence-corrected chi connectivity index (χ2v) is 7.42. The van der Waals surface area contributed by atoms with Gasteiger partial charge in [-0.25, -0.2) is 4.79 Å². The van der Waals surface area contributed by atoms with Crippen LogP contribution in [0.15, 0.2) is 12.2 Å². The van der Waals surface area contributed by atoms with Crippen molar-refractivity contribution in [2.24, 2.45) is 5.41 Å². The van der Waals surface area contributed by atoms with Crippen LogP contribution in [0.4, 0.5) is 4.79 Å². The highest BCUT2D eigenvalue weighted by atomic mass is 16.8. The number of ether oxygens (including phenoxy) is 1. The summed E-state index contributed by atoms with van der Waals surface area (Å²) in [4.78, 5) is 70.7. The van der Waals surface area contributed by atoms with Gasteiger partial charge < -0.3 is 9.84 Å². The van der Waals surface area contributed by atoms with Crippen LogP contribution in [0.5, 0.6) is 0 Å². The van der Waals surface area contributed by atoms with E-state index in [0.29, 0.717) is 43.6 Å². The normalized spacial score (nSPS) is 27.4. The number of carboxylic acid groups (broad SMARTS) is 1. The zero-order chi connectivity index (χ0) is 22.3. The predicted octanol–water partition coefficient (Wildman–Crippen LogP) is 1.22. The first kappa shape index (κ1) is 23.0. The molecule has 2 N–H and O–H groups in total. The second-order valence-electron chi connectivity index (χ2n) is 7.42. The van der Waals surface area contributed by atoms with Crippen molar-refractivity contribution in [3.8, 4) is 0 Å². The van der Waals surface area contributed by atoms with Crippen LogP contribution in [0, 0.1) is 5.41 Å². The third-order valence-corrected chi connectivity index (χ3v) is 4.99. The van der Waals surface area contributed by atoms with E-state index in [-0.39, 0.29) is 24.7 Å². The van der Waals surface area contributed by atoms with Gasteiger partial charge in [-0.05, 0) is 38.7 Å². The number of aliphatic carboxylic acids is 1. The molecule has 0 aromatic carbocycles. The summed E-state index contributed by atoms with van der Waals surface area (Å²) in [6, 6.07) is 0. The van der Waals surface area contributed by atoms with Crippen molar-refractivity contribution in [2.75, 3.05) is 0 Å². The molecule has 0 saturated carbocycles. The molecule has 4 amide bonds. The lowest BCUT2D eigenvalue weighted by atomic mass is 9.79. The molecule has 1 unspecified atom stereocenters. The molecule has 3 aliphatic rings. The molecule has 0 radical (unpaired) electrons. The van der Waals surface area contributed by atoms with Crippen LogP contribution < -0.4 is 5.32 Å². The van der Waals surface area contributed by atoms with E-state index < -0.39 is 35.5 Å². The molecule has 3 rings (SSSR count). The lowest BCUT2D eigenvalue weighted by molar-refractivity contribution is -0.178. The van der Waals surface area contributed by atoms with Crippen molar-refractivity contribution in [3.63, 3.8) is 0 Å². The van der Waals surface area contributed by atoms with E-state index in [1.165, 1.54) is 0 Å². The Labute approximate surface area is 172 Å². The van der Waals surface area contributed by atoms with Gasteiger partial charge in [0.15, 0.2) is 0 Å². The first-order chi connectivity index (χ1) is 14.1. The van der Waals surface area contributed by atoms with Crippen LogP contribution in [0.1, 0.15) is 58.3 Å². The van der Waals surface area contributed by atoms with Gasteiger partial charge in [-0.3, -0.25) is 34.1 Å². The SMILES string of the molecule is C[C@@]1(C(=O)O)CC/C=C/C(OC(=O)ON2C(=O)CCC2=O)CC1.O=C1CCC(=O)N1. The van der Waals surface area contributed by atoms with Gasteiger partial charge in [0, 0.05) is 25.7 Å². The van der Waals surface area contributed by atoms with Crippen molar-refractivity contribution >= 4 is 35.8 Å². The van der Waals surface area contributed by atoms with Gasteiger partial charge in [-0.2, -0.15) is 0 Å². The number of hydrogen-bond acceptors (Lipinski definition) is 8. The van der Waals surface area contributed by atoms with Gasteiger partial charge in [0.2, 0.25) is 11.8 Å². The highest BCUT2D eigenvalue weighted by molar-refractivity contribution is 6.02. The van der Waals surface area contributed by atoms with E-state index in [0.717, 1.165) is 0 Å². The molecule has 30 heavy (non-hydrogen) atoms. The molecular formula is C19H24N2O9. The number of carbonyl (C=O) groups is 6. The van der Waals surface area contributed by atoms with E-state index in [2.05, 4.69) is 10.2 Å². The summed E-state index contributed by atoms with van der Waals surface area (Å²) in [6.45, 7) is 1.66. The third kappa shape index (κ3) is 6.39. The van der Waals surface area contributed by atoms with E-state index in [4.69, 9.17) is 4.74 Å². The monoisotopic (exact) mass is 424 g/mol. The summed E-state index contributed by atoms with van der Waals surface area (Å²) in [6.07, 6.45) is 4.09. The Kier molecular flexibility index (Phi) is 7.67. The Morgan fingerprint density at radius 2 is 1.67 bits per heavy atom. The van der Waals surface area contributed by atoms with Crippen LogP contribution in [0.2, 0.25) is 0 Å². The van der Waals surface area contributed by atoms with Crippen LogP contribution in [0.3, 0.4) is 0 Å². The summed E-state index contributed by atoms with van der Waals surface area (Å²) in [5.41, 5.74) is -0.878. The maximum atomic E-state index is 11.7. The number of nitrogens with zero attached hydrogens (tertiary/aromatic N) is 1. The smallest absolute Gasteiger partial charge is 0.481 e. The Balaban J connectivity index is 0.000000386. The van der Waals surface area contributed by atoms with Crippen LogP contribution in [-0.4, -0.2) is 52.0 Å². The Morgan fingerprint density at radius 3 is 2.17 bits per heavy atom. The van der Waals surface area contributed by atoms with Crippen molar-refractivity contribution in [1.29, 1.82) is 0 Å². The Hall–Kier alpha value is -3.24. The molecule has 2 saturated heterocycles. The maximum Gasteiger partial charge on any atom is 0.534 e. The first-order valence-electron chi connectivity index (χ1n) is 9.58. The molecule has 11 nitrogen and oxygen atoms in total. The number of nitrogens with one attached hydrogen (secondary N) is 1. The van der Waals surface area contributed by atoms with Gasteiger partial charge >= 0.3 is 12.1 Å². The largest absolute Gasteiger partial charge is 0.534 e. The lowest BCUT2D eigenvalue weighted by Crippen LogP contribution is -2.34. The highest BCUT2D eigenvalue weighted by Gasteiger charge is 2.36. The average molecular weight is 424 g/mol. The molecule has 2 aliphatic heterocycles. The molecule has 2 heterocycles. The van der Waals surface area contributed by atoms with Gasteiger partial charge in [-0.1, -0.05) is 11.1 Å². The summed E-state index contributed by atoms with van der Waals surface area (Å²) >= 11 is 0. The molecule has 2 fully saturated rings. The molecule has 0 aromatic heterocycles. The van der Waals surface area contributed by atoms with Gasteiger partial charge in [-0.15, -0.1) is 0 Å². The quantitative estimate of drug-likeness (QED) is 0.386. The fourth-order valence-corrected chi connectivity index (χ4v) is 3.03. The molecule has 11 heteroatoms. The minimum Gasteiger partial charge on any atom is -0.481 e. The summed E-state index contributed by atoms with van der Waals surface area (Å²) in [7, 11) is 0. The number of imide groups is 2. The van der Waals surface area contributed by atoms with Crippen molar-refractivity contribution in [3.05, 3.63) is 12.2 Å². The van der Waals surface area contributed by atoms with Crippen LogP contribution in [-0.2, 0) is 33.5 Å². The van der Waals surface area contributed by atoms with Crippen molar-refractivity contribution < 1.29 is 43.4 Å². The molecule has 164 valence electrons. The molecule has 0 spiro atoms. The standard InChI is InChI=1S/C15H19NO7.C4H5NO2/c1-15(13(19)20)8-3-2-4-10(7-9-15)22-14(21)23-16-11(17)5-6-12(16)18;6-3-1-2-4(7)5-3/h2,4,10H,3,5-9H2,1H3,(H,19,20);1-2H2,(H,5,6,7)/b4-2+;/t10?,15-;/m1./s1. The number of hydroxylamine groups is 2. The Bertz CT molecular complexity index is 746. The number of rotatable bonds is 3. The first-order valence-corrected chi connectivity index (χ1v) is 9.58. The number of carboxylic acids is 1. The Morgan fingerprint density at radius 1 is 1.07 bits per heavy atom. The van der Waals surface area contributed by atoms with E-state index in [1.54, 1.807) is 19.1 Å². The number of amides is 4. The average Bonchev–Trinajstić information content (AvgIpc) is 3.20. The lowest BCUT2D eigenvalue weighted by Gasteiger charge is -2.27. The third-order valence-electron chi connectivity index (χ3n) is 4.99. The molecular weight excluding hydrogens is 400 g/mol. The van der Waals surface area contributed by atoms with E-state index in [1.807, 2.05) is 0 Å². The summed E-state index contributed by atoms with van der Waals surface area (Å²) in [5.74, 6) is -2.35. The van der Waals surface area contributed by atoms with Crippen LogP contribution >= 0.6 is 0 Å². The van der Waals surface area contributed by atoms with E-state index in [9.17, 15) is 33.9 Å². The molecule has 2 atom stereocenters. The molecule has 1 aliphatic carbocycles. The topological polar surface area (TPSA) is 156 Å². The molecule has 0 aromatic rings. The second kappa shape index (κ2) is 9.99. The van der Waals surface area contributed by atoms with Crippen molar-refractivity contribution in [2.45, 2.75) is 64.4 Å². The number of allylic oxidation sites excluding steroid dienone is 1. The highest BCUT2D eigenvalue weighted by Crippen LogP contribution is 2.32. The van der Waals surface area contributed by atoms with Gasteiger partial charge in [0.25, 0.3) is 11.8 Å². The fraction of sp³-hybridized carbons (Fsp3) is 0.579.